The fourth-order valence-corrected chi connectivity index (χ4v) is 2.39. The Morgan fingerprint density at radius 3 is 3.00 bits per heavy atom. The normalized spacial score (nSPS) is 10.9. The van der Waals surface area contributed by atoms with Gasteiger partial charge in [-0.15, -0.1) is 10.2 Å². The summed E-state index contributed by atoms with van der Waals surface area (Å²) in [4.78, 5) is 0. The molecule has 1 N–H and O–H groups in total. The van der Waals surface area contributed by atoms with Crippen molar-refractivity contribution < 1.29 is 4.42 Å². The second kappa shape index (κ2) is 5.23. The zero-order valence-corrected chi connectivity index (χ0v) is 10.3. The molecular formula is C11H15N3OS. The van der Waals surface area contributed by atoms with Crippen LogP contribution >= 0.6 is 11.3 Å². The molecule has 2 heterocycles. The predicted molar refractivity (Wildman–Crippen MR) is 64.6 cm³/mol. The molecular weight excluding hydrogens is 222 g/mol. The third-order valence-electron chi connectivity index (χ3n) is 2.34. The van der Waals surface area contributed by atoms with Crippen molar-refractivity contribution in [2.24, 2.45) is 0 Å². The summed E-state index contributed by atoms with van der Waals surface area (Å²) < 4.78 is 5.38. The smallest absolute Gasteiger partial charge is 0.183 e. The van der Waals surface area contributed by atoms with Gasteiger partial charge in [-0.2, -0.15) is 0 Å². The Balaban J connectivity index is 2.05. The fraction of sp³-hybridized carbons (Fsp3) is 0.455. The van der Waals surface area contributed by atoms with E-state index >= 15 is 0 Å². The van der Waals surface area contributed by atoms with Gasteiger partial charge in [-0.05, 0) is 38.6 Å². The summed E-state index contributed by atoms with van der Waals surface area (Å²) in [5, 5.41) is 13.4. The maximum atomic E-state index is 5.38. The van der Waals surface area contributed by atoms with Crippen molar-refractivity contribution in [3.8, 4) is 10.8 Å². The topological polar surface area (TPSA) is 51.0 Å². The minimum Gasteiger partial charge on any atom is -0.461 e. The lowest BCUT2D eigenvalue weighted by Gasteiger charge is -1.94. The lowest BCUT2D eigenvalue weighted by atomic mass is 10.3. The molecule has 5 heteroatoms. The Labute approximate surface area is 98.7 Å². The first kappa shape index (κ1) is 11.3. The number of aryl methyl sites for hydroxylation is 2. The first-order valence-electron chi connectivity index (χ1n) is 5.32. The number of hydrogen-bond donors (Lipinski definition) is 1. The standard InChI is InChI=1S/C11H15N3OS/c1-8-5-7-15-10(8)11-14-13-9(16-11)4-3-6-12-2/h5,7,12H,3-4,6H2,1-2H3. The average molecular weight is 237 g/mol. The van der Waals surface area contributed by atoms with E-state index in [9.17, 15) is 0 Å². The molecule has 0 radical (unpaired) electrons. The van der Waals surface area contributed by atoms with Crippen LogP contribution in [0.4, 0.5) is 0 Å². The Kier molecular flexibility index (Phi) is 3.69. The van der Waals surface area contributed by atoms with Gasteiger partial charge in [0.15, 0.2) is 10.8 Å². The highest BCUT2D eigenvalue weighted by atomic mass is 32.1. The number of nitrogens with zero attached hydrogens (tertiary/aromatic N) is 2. The van der Waals surface area contributed by atoms with Crippen molar-refractivity contribution >= 4 is 11.3 Å². The number of furan rings is 1. The van der Waals surface area contributed by atoms with Gasteiger partial charge in [0.2, 0.25) is 0 Å². The molecule has 0 bridgehead atoms. The molecule has 0 atom stereocenters. The van der Waals surface area contributed by atoms with Crippen molar-refractivity contribution in [3.63, 3.8) is 0 Å². The third-order valence-corrected chi connectivity index (χ3v) is 3.32. The summed E-state index contributed by atoms with van der Waals surface area (Å²) in [6.07, 6.45) is 3.74. The average Bonchev–Trinajstić information content (AvgIpc) is 2.87. The Bertz CT molecular complexity index is 450. The number of nitrogens with one attached hydrogen (secondary N) is 1. The van der Waals surface area contributed by atoms with E-state index in [-0.39, 0.29) is 0 Å². The van der Waals surface area contributed by atoms with Crippen LogP contribution in [0.3, 0.4) is 0 Å². The van der Waals surface area contributed by atoms with Crippen molar-refractivity contribution in [1.29, 1.82) is 0 Å². The van der Waals surface area contributed by atoms with Gasteiger partial charge >= 0.3 is 0 Å². The molecule has 0 amide bonds. The molecule has 4 nitrogen and oxygen atoms in total. The van der Waals surface area contributed by atoms with E-state index in [1.165, 1.54) is 0 Å². The fourth-order valence-electron chi connectivity index (χ4n) is 1.45. The highest BCUT2D eigenvalue weighted by Gasteiger charge is 2.11. The summed E-state index contributed by atoms with van der Waals surface area (Å²) in [5.74, 6) is 0.845. The Morgan fingerprint density at radius 2 is 2.31 bits per heavy atom. The molecule has 0 aliphatic heterocycles. The van der Waals surface area contributed by atoms with E-state index in [0.29, 0.717) is 0 Å². The van der Waals surface area contributed by atoms with Gasteiger partial charge < -0.3 is 9.73 Å². The molecule has 0 aromatic carbocycles. The van der Waals surface area contributed by atoms with Crippen LogP contribution in [0.25, 0.3) is 10.8 Å². The molecule has 2 aromatic heterocycles. The van der Waals surface area contributed by atoms with Crippen LogP contribution in [0, 0.1) is 6.92 Å². The van der Waals surface area contributed by atoms with E-state index in [1.807, 2.05) is 20.0 Å². The third kappa shape index (κ3) is 2.48. The van der Waals surface area contributed by atoms with Gasteiger partial charge in [-0.25, -0.2) is 0 Å². The second-order valence-corrected chi connectivity index (χ2v) is 4.70. The zero-order valence-electron chi connectivity index (χ0n) is 9.49. The molecule has 0 saturated carbocycles. The van der Waals surface area contributed by atoms with Crippen LogP contribution in [0.15, 0.2) is 16.7 Å². The van der Waals surface area contributed by atoms with Gasteiger partial charge in [0.05, 0.1) is 6.26 Å². The maximum absolute atomic E-state index is 5.38. The van der Waals surface area contributed by atoms with E-state index in [4.69, 9.17) is 4.42 Å². The molecule has 2 aromatic rings. The molecule has 86 valence electrons. The first-order valence-corrected chi connectivity index (χ1v) is 6.14. The van der Waals surface area contributed by atoms with E-state index < -0.39 is 0 Å². The number of hydrogen-bond acceptors (Lipinski definition) is 5. The van der Waals surface area contributed by atoms with E-state index in [0.717, 1.165) is 40.7 Å². The summed E-state index contributed by atoms with van der Waals surface area (Å²) in [6.45, 7) is 3.02. The van der Waals surface area contributed by atoms with Crippen molar-refractivity contribution in [3.05, 3.63) is 22.9 Å². The van der Waals surface area contributed by atoms with Gasteiger partial charge in [0.1, 0.15) is 5.01 Å². The molecule has 0 spiro atoms. The maximum Gasteiger partial charge on any atom is 0.183 e. The van der Waals surface area contributed by atoms with Crippen LogP contribution in [-0.4, -0.2) is 23.8 Å². The second-order valence-electron chi connectivity index (χ2n) is 3.64. The quantitative estimate of drug-likeness (QED) is 0.810. The van der Waals surface area contributed by atoms with Crippen LogP contribution in [0.2, 0.25) is 0 Å². The van der Waals surface area contributed by atoms with Crippen LogP contribution in [-0.2, 0) is 6.42 Å². The zero-order chi connectivity index (χ0) is 11.4. The van der Waals surface area contributed by atoms with Gasteiger partial charge in [0, 0.05) is 6.42 Å². The summed E-state index contributed by atoms with van der Waals surface area (Å²) >= 11 is 1.61. The Hall–Kier alpha value is -1.20. The molecule has 0 aliphatic carbocycles. The van der Waals surface area contributed by atoms with Gasteiger partial charge in [0.25, 0.3) is 0 Å². The van der Waals surface area contributed by atoms with Crippen LogP contribution < -0.4 is 5.32 Å². The minimum atomic E-state index is 0.845. The van der Waals surface area contributed by atoms with Gasteiger partial charge in [-0.3, -0.25) is 0 Å². The lowest BCUT2D eigenvalue weighted by molar-refractivity contribution is 0.579. The van der Waals surface area contributed by atoms with Crippen LogP contribution in [0.5, 0.6) is 0 Å². The molecule has 0 aliphatic rings. The van der Waals surface area contributed by atoms with Crippen molar-refractivity contribution in [2.45, 2.75) is 19.8 Å². The SMILES string of the molecule is CNCCCc1nnc(-c2occc2C)s1. The molecule has 16 heavy (non-hydrogen) atoms. The van der Waals surface area contributed by atoms with E-state index in [1.54, 1.807) is 17.6 Å². The first-order chi connectivity index (χ1) is 7.81. The van der Waals surface area contributed by atoms with Crippen LogP contribution in [0.1, 0.15) is 17.0 Å². The molecule has 2 rings (SSSR count). The monoisotopic (exact) mass is 237 g/mol. The minimum absolute atomic E-state index is 0.845. The number of rotatable bonds is 5. The highest BCUT2D eigenvalue weighted by molar-refractivity contribution is 7.14. The largest absolute Gasteiger partial charge is 0.461 e. The van der Waals surface area contributed by atoms with E-state index in [2.05, 4.69) is 15.5 Å². The molecule has 0 unspecified atom stereocenters. The summed E-state index contributed by atoms with van der Waals surface area (Å²) in [5.41, 5.74) is 1.11. The number of aromatic nitrogens is 2. The summed E-state index contributed by atoms with van der Waals surface area (Å²) in [6, 6.07) is 1.94. The van der Waals surface area contributed by atoms with Crippen molar-refractivity contribution in [1.82, 2.24) is 15.5 Å². The van der Waals surface area contributed by atoms with Gasteiger partial charge in [-0.1, -0.05) is 11.3 Å². The predicted octanol–water partition coefficient (Wildman–Crippen LogP) is 2.26. The summed E-state index contributed by atoms with van der Waals surface area (Å²) in [7, 11) is 1.96. The molecule has 0 fully saturated rings. The van der Waals surface area contributed by atoms with Crippen molar-refractivity contribution in [2.75, 3.05) is 13.6 Å². The Morgan fingerprint density at radius 1 is 1.44 bits per heavy atom. The lowest BCUT2D eigenvalue weighted by Crippen LogP contribution is -2.08. The molecule has 0 saturated heterocycles. The highest BCUT2D eigenvalue weighted by Crippen LogP contribution is 2.27.